The van der Waals surface area contributed by atoms with E-state index in [4.69, 9.17) is 5.11 Å². The van der Waals surface area contributed by atoms with Gasteiger partial charge in [0.25, 0.3) is 5.91 Å². The van der Waals surface area contributed by atoms with Gasteiger partial charge in [0.15, 0.2) is 0 Å². The van der Waals surface area contributed by atoms with Gasteiger partial charge in [0, 0.05) is 27.2 Å². The molecule has 0 aliphatic rings. The van der Waals surface area contributed by atoms with Gasteiger partial charge >= 0.3 is 0 Å². The fourth-order valence-electron chi connectivity index (χ4n) is 1.46. The Bertz CT molecular complexity index is 376. The molecule has 0 fully saturated rings. The van der Waals surface area contributed by atoms with Crippen LogP contribution in [0.25, 0.3) is 0 Å². The lowest BCUT2D eigenvalue weighted by Gasteiger charge is -2.13. The van der Waals surface area contributed by atoms with Crippen molar-refractivity contribution in [2.45, 2.75) is 25.8 Å². The molecular weight excluding hydrogens is 350 g/mol. The van der Waals surface area contributed by atoms with Gasteiger partial charge < -0.3 is 10.4 Å². The molecule has 0 spiro atoms. The molecule has 0 aromatic heterocycles. The quantitative estimate of drug-likeness (QED) is 0.843. The second kappa shape index (κ2) is 7.13. The van der Waals surface area contributed by atoms with E-state index in [2.05, 4.69) is 37.2 Å². The van der Waals surface area contributed by atoms with Crippen LogP contribution in [0.1, 0.15) is 30.1 Å². The van der Waals surface area contributed by atoms with Crippen LogP contribution in [-0.2, 0) is 0 Å². The molecule has 3 nitrogen and oxygen atoms in total. The second-order valence-electron chi connectivity index (χ2n) is 3.90. The van der Waals surface area contributed by atoms with Gasteiger partial charge in [-0.2, -0.15) is 0 Å². The minimum atomic E-state index is -0.0996. The second-order valence-corrected chi connectivity index (χ2v) is 5.73. The van der Waals surface area contributed by atoms with Crippen LogP contribution in [0, 0.1) is 0 Å². The maximum atomic E-state index is 11.9. The lowest BCUT2D eigenvalue weighted by atomic mass is 10.1. The first kappa shape index (κ1) is 14.7. The number of nitrogens with one attached hydrogen (secondary N) is 1. The summed E-state index contributed by atoms with van der Waals surface area (Å²) in [7, 11) is 0. The van der Waals surface area contributed by atoms with E-state index in [9.17, 15) is 4.79 Å². The summed E-state index contributed by atoms with van der Waals surface area (Å²) in [6.45, 7) is 2.09. The first-order valence-corrected chi connectivity index (χ1v) is 6.99. The fourth-order valence-corrected chi connectivity index (χ4v) is 2.76. The molecule has 94 valence electrons. The van der Waals surface area contributed by atoms with Crippen molar-refractivity contribution in [3.05, 3.63) is 32.7 Å². The standard InChI is InChI=1S/C12H15Br2NO2/c1-8(3-2-4-16)15-12(17)9-5-10(13)7-11(14)6-9/h5-8,16H,2-4H2,1H3,(H,15,17). The van der Waals surface area contributed by atoms with Crippen molar-refractivity contribution in [1.82, 2.24) is 5.32 Å². The molecule has 1 rings (SSSR count). The van der Waals surface area contributed by atoms with Gasteiger partial charge in [0.05, 0.1) is 0 Å². The molecule has 0 heterocycles. The van der Waals surface area contributed by atoms with Crippen LogP contribution < -0.4 is 5.32 Å². The van der Waals surface area contributed by atoms with Gasteiger partial charge in [0.1, 0.15) is 0 Å². The van der Waals surface area contributed by atoms with E-state index in [-0.39, 0.29) is 18.6 Å². The Labute approximate surface area is 118 Å². The van der Waals surface area contributed by atoms with Crippen molar-refractivity contribution in [2.24, 2.45) is 0 Å². The molecular formula is C12H15Br2NO2. The maximum absolute atomic E-state index is 11.9. The SMILES string of the molecule is CC(CCCO)NC(=O)c1cc(Br)cc(Br)c1. The van der Waals surface area contributed by atoms with Crippen LogP contribution >= 0.6 is 31.9 Å². The third-order valence-corrected chi connectivity index (χ3v) is 3.21. The molecule has 1 unspecified atom stereocenters. The third-order valence-electron chi connectivity index (χ3n) is 2.30. The highest BCUT2D eigenvalue weighted by molar-refractivity contribution is 9.11. The molecule has 17 heavy (non-hydrogen) atoms. The summed E-state index contributed by atoms with van der Waals surface area (Å²) >= 11 is 6.69. The Balaban J connectivity index is 2.63. The summed E-state index contributed by atoms with van der Waals surface area (Å²) in [5.41, 5.74) is 0.613. The van der Waals surface area contributed by atoms with E-state index in [1.165, 1.54) is 0 Å². The molecule has 2 N–H and O–H groups in total. The van der Waals surface area contributed by atoms with Gasteiger partial charge in [-0.1, -0.05) is 31.9 Å². The lowest BCUT2D eigenvalue weighted by Crippen LogP contribution is -2.32. The summed E-state index contributed by atoms with van der Waals surface area (Å²) < 4.78 is 1.72. The molecule has 0 bridgehead atoms. The van der Waals surface area contributed by atoms with Crippen molar-refractivity contribution in [3.8, 4) is 0 Å². The fraction of sp³-hybridized carbons (Fsp3) is 0.417. The summed E-state index contributed by atoms with van der Waals surface area (Å²) in [5, 5.41) is 11.6. The molecule has 0 saturated heterocycles. The van der Waals surface area contributed by atoms with Crippen LogP contribution in [-0.4, -0.2) is 23.7 Å². The highest BCUT2D eigenvalue weighted by atomic mass is 79.9. The average Bonchev–Trinajstić information content (AvgIpc) is 2.25. The number of hydrogen-bond donors (Lipinski definition) is 2. The minimum Gasteiger partial charge on any atom is -0.396 e. The van der Waals surface area contributed by atoms with Crippen molar-refractivity contribution in [2.75, 3.05) is 6.61 Å². The molecule has 0 radical (unpaired) electrons. The van der Waals surface area contributed by atoms with Crippen LogP contribution in [0.4, 0.5) is 0 Å². The first-order valence-electron chi connectivity index (χ1n) is 5.40. The minimum absolute atomic E-state index is 0.0624. The number of amides is 1. The van der Waals surface area contributed by atoms with Crippen molar-refractivity contribution in [1.29, 1.82) is 0 Å². The van der Waals surface area contributed by atoms with Gasteiger partial charge in [-0.15, -0.1) is 0 Å². The van der Waals surface area contributed by atoms with Crippen molar-refractivity contribution in [3.63, 3.8) is 0 Å². The van der Waals surface area contributed by atoms with Gasteiger partial charge in [-0.3, -0.25) is 4.79 Å². The smallest absolute Gasteiger partial charge is 0.251 e. The monoisotopic (exact) mass is 363 g/mol. The number of hydrogen-bond acceptors (Lipinski definition) is 2. The summed E-state index contributed by atoms with van der Waals surface area (Å²) in [6, 6.07) is 5.50. The topological polar surface area (TPSA) is 49.3 Å². The zero-order chi connectivity index (χ0) is 12.8. The number of aliphatic hydroxyl groups excluding tert-OH is 1. The normalized spacial score (nSPS) is 12.2. The van der Waals surface area contributed by atoms with Crippen LogP contribution in [0.3, 0.4) is 0 Å². The zero-order valence-electron chi connectivity index (χ0n) is 9.54. The molecule has 1 aromatic carbocycles. The summed E-state index contributed by atoms with van der Waals surface area (Å²) in [4.78, 5) is 11.9. The lowest BCUT2D eigenvalue weighted by molar-refractivity contribution is 0.0936. The molecule has 1 amide bonds. The summed E-state index contributed by atoms with van der Waals surface area (Å²) in [6.07, 6.45) is 1.47. The number of rotatable bonds is 5. The molecule has 5 heteroatoms. The third kappa shape index (κ3) is 5.19. The Morgan fingerprint density at radius 3 is 2.47 bits per heavy atom. The van der Waals surface area contributed by atoms with Gasteiger partial charge in [-0.25, -0.2) is 0 Å². The van der Waals surface area contributed by atoms with Crippen LogP contribution in [0.5, 0.6) is 0 Å². The number of carbonyl (C=O) groups excluding carboxylic acids is 1. The molecule has 0 saturated carbocycles. The first-order chi connectivity index (χ1) is 8.02. The zero-order valence-corrected chi connectivity index (χ0v) is 12.7. The number of benzene rings is 1. The van der Waals surface area contributed by atoms with E-state index >= 15 is 0 Å². The van der Waals surface area contributed by atoms with E-state index in [1.54, 1.807) is 12.1 Å². The van der Waals surface area contributed by atoms with Gasteiger partial charge in [0.2, 0.25) is 0 Å². The van der Waals surface area contributed by atoms with Crippen LogP contribution in [0.2, 0.25) is 0 Å². The molecule has 0 aliphatic heterocycles. The largest absolute Gasteiger partial charge is 0.396 e. The highest BCUT2D eigenvalue weighted by Gasteiger charge is 2.10. The number of aliphatic hydroxyl groups is 1. The maximum Gasteiger partial charge on any atom is 0.251 e. The molecule has 1 aromatic rings. The Kier molecular flexibility index (Phi) is 6.16. The van der Waals surface area contributed by atoms with E-state index < -0.39 is 0 Å². The summed E-state index contributed by atoms with van der Waals surface area (Å²) in [5.74, 6) is -0.0996. The average molecular weight is 365 g/mol. The van der Waals surface area contributed by atoms with E-state index in [0.717, 1.165) is 15.4 Å². The van der Waals surface area contributed by atoms with E-state index in [1.807, 2.05) is 13.0 Å². The predicted octanol–water partition coefficient (Wildman–Crippen LogP) is 3.10. The van der Waals surface area contributed by atoms with E-state index in [0.29, 0.717) is 12.0 Å². The Hall–Kier alpha value is -0.390. The van der Waals surface area contributed by atoms with Crippen LogP contribution in [0.15, 0.2) is 27.1 Å². The Morgan fingerprint density at radius 2 is 1.94 bits per heavy atom. The number of carbonyl (C=O) groups is 1. The molecule has 1 atom stereocenters. The molecule has 0 aliphatic carbocycles. The predicted molar refractivity (Wildman–Crippen MR) is 75.1 cm³/mol. The van der Waals surface area contributed by atoms with Crippen molar-refractivity contribution >= 4 is 37.8 Å². The van der Waals surface area contributed by atoms with Crippen molar-refractivity contribution < 1.29 is 9.90 Å². The van der Waals surface area contributed by atoms with Gasteiger partial charge in [-0.05, 0) is 38.0 Å². The highest BCUT2D eigenvalue weighted by Crippen LogP contribution is 2.20. The number of halogens is 2. The Morgan fingerprint density at radius 1 is 1.35 bits per heavy atom.